The molecule has 6 heteroatoms. The predicted octanol–water partition coefficient (Wildman–Crippen LogP) is 1.58. The maximum Gasteiger partial charge on any atom is 0.231 e. The van der Waals surface area contributed by atoms with Gasteiger partial charge in [-0.25, -0.2) is 4.98 Å². The number of fused-ring (bicyclic) bond motifs is 1. The number of hydrogen-bond donors (Lipinski definition) is 1. The number of hydrogen-bond acceptors (Lipinski definition) is 4. The van der Waals surface area contributed by atoms with Crippen LogP contribution in [0.1, 0.15) is 36.3 Å². The van der Waals surface area contributed by atoms with Crippen LogP contribution in [-0.2, 0) is 22.4 Å². The van der Waals surface area contributed by atoms with Crippen LogP contribution in [0.2, 0.25) is 0 Å². The SMILES string of the molecule is O=C(Nc1nc2c(s1)CCC2)[C@@H]1CC(=O)N(C2CC2)C1. The summed E-state index contributed by atoms with van der Waals surface area (Å²) in [6.45, 7) is 0.584. The van der Waals surface area contributed by atoms with Gasteiger partial charge in [0.2, 0.25) is 11.8 Å². The van der Waals surface area contributed by atoms with E-state index in [4.69, 9.17) is 0 Å². The molecular formula is C14H17N3O2S. The number of amides is 2. The molecule has 1 saturated heterocycles. The van der Waals surface area contributed by atoms with Gasteiger partial charge < -0.3 is 10.2 Å². The Morgan fingerprint density at radius 3 is 2.95 bits per heavy atom. The maximum absolute atomic E-state index is 12.3. The Bertz CT molecular complexity index is 557. The van der Waals surface area contributed by atoms with Crippen LogP contribution in [0.5, 0.6) is 0 Å². The fourth-order valence-electron chi connectivity index (χ4n) is 3.10. The van der Waals surface area contributed by atoms with Crippen LogP contribution in [0.25, 0.3) is 0 Å². The number of rotatable bonds is 3. The summed E-state index contributed by atoms with van der Waals surface area (Å²) in [7, 11) is 0. The van der Waals surface area contributed by atoms with E-state index in [0.29, 0.717) is 24.1 Å². The highest BCUT2D eigenvalue weighted by Gasteiger charge is 2.41. The Hall–Kier alpha value is -1.43. The van der Waals surface area contributed by atoms with Crippen LogP contribution >= 0.6 is 11.3 Å². The first-order valence-corrected chi connectivity index (χ1v) is 8.11. The Morgan fingerprint density at radius 2 is 2.20 bits per heavy atom. The van der Waals surface area contributed by atoms with Gasteiger partial charge in [-0.15, -0.1) is 11.3 Å². The Labute approximate surface area is 121 Å². The molecule has 1 aromatic heterocycles. The van der Waals surface area contributed by atoms with E-state index in [0.717, 1.165) is 31.4 Å². The van der Waals surface area contributed by atoms with E-state index in [1.165, 1.54) is 11.3 Å². The molecule has 0 aromatic carbocycles. The Balaban J connectivity index is 1.41. The number of nitrogens with zero attached hydrogens (tertiary/aromatic N) is 2. The average Bonchev–Trinajstić information content (AvgIpc) is 2.85. The molecule has 1 saturated carbocycles. The summed E-state index contributed by atoms with van der Waals surface area (Å²) in [6, 6.07) is 0.406. The minimum Gasteiger partial charge on any atom is -0.339 e. The molecule has 0 radical (unpaired) electrons. The molecule has 1 aliphatic heterocycles. The van der Waals surface area contributed by atoms with E-state index >= 15 is 0 Å². The van der Waals surface area contributed by atoms with Crippen LogP contribution in [-0.4, -0.2) is 34.3 Å². The summed E-state index contributed by atoms with van der Waals surface area (Å²) in [5, 5.41) is 3.61. The second-order valence-electron chi connectivity index (χ2n) is 5.91. The number of anilines is 1. The largest absolute Gasteiger partial charge is 0.339 e. The van der Waals surface area contributed by atoms with Gasteiger partial charge in [0.25, 0.3) is 0 Å². The van der Waals surface area contributed by atoms with Crippen LogP contribution in [0.4, 0.5) is 5.13 Å². The molecule has 20 heavy (non-hydrogen) atoms. The molecule has 5 nitrogen and oxygen atoms in total. The minimum atomic E-state index is -0.207. The topological polar surface area (TPSA) is 62.3 Å². The predicted molar refractivity (Wildman–Crippen MR) is 75.6 cm³/mol. The van der Waals surface area contributed by atoms with Crippen molar-refractivity contribution in [2.45, 2.75) is 44.6 Å². The molecule has 2 heterocycles. The Kier molecular flexibility index (Phi) is 2.80. The minimum absolute atomic E-state index is 0.0473. The molecule has 106 valence electrons. The molecule has 4 rings (SSSR count). The van der Waals surface area contributed by atoms with Gasteiger partial charge in [-0.05, 0) is 32.1 Å². The van der Waals surface area contributed by atoms with Crippen molar-refractivity contribution < 1.29 is 9.59 Å². The van der Waals surface area contributed by atoms with Gasteiger partial charge in [0.15, 0.2) is 5.13 Å². The molecule has 2 aliphatic carbocycles. The van der Waals surface area contributed by atoms with Crippen molar-refractivity contribution in [3.05, 3.63) is 10.6 Å². The quantitative estimate of drug-likeness (QED) is 0.919. The highest BCUT2D eigenvalue weighted by Crippen LogP contribution is 2.34. The van der Waals surface area contributed by atoms with E-state index in [2.05, 4.69) is 10.3 Å². The zero-order valence-electron chi connectivity index (χ0n) is 11.2. The van der Waals surface area contributed by atoms with Crippen LogP contribution < -0.4 is 5.32 Å². The van der Waals surface area contributed by atoms with Crippen molar-refractivity contribution in [1.82, 2.24) is 9.88 Å². The number of thiazole rings is 1. The smallest absolute Gasteiger partial charge is 0.231 e. The van der Waals surface area contributed by atoms with Gasteiger partial charge in [0, 0.05) is 23.9 Å². The summed E-state index contributed by atoms with van der Waals surface area (Å²) < 4.78 is 0. The highest BCUT2D eigenvalue weighted by atomic mass is 32.1. The Morgan fingerprint density at radius 1 is 1.35 bits per heavy atom. The summed E-state index contributed by atoms with van der Waals surface area (Å²) in [4.78, 5) is 31.8. The summed E-state index contributed by atoms with van der Waals surface area (Å²) in [5.74, 6) is -0.120. The number of aryl methyl sites for hydroxylation is 2. The second kappa shape index (κ2) is 4.55. The zero-order valence-corrected chi connectivity index (χ0v) is 12.0. The van der Waals surface area contributed by atoms with Gasteiger partial charge in [-0.1, -0.05) is 0 Å². The van der Waals surface area contributed by atoms with Crippen LogP contribution in [0.15, 0.2) is 0 Å². The van der Waals surface area contributed by atoms with Crippen molar-refractivity contribution in [3.8, 4) is 0 Å². The van der Waals surface area contributed by atoms with E-state index in [-0.39, 0.29) is 17.7 Å². The molecule has 3 aliphatic rings. The van der Waals surface area contributed by atoms with E-state index in [9.17, 15) is 9.59 Å². The highest BCUT2D eigenvalue weighted by molar-refractivity contribution is 7.15. The van der Waals surface area contributed by atoms with Gasteiger partial charge in [0.1, 0.15) is 0 Å². The van der Waals surface area contributed by atoms with Crippen LogP contribution in [0.3, 0.4) is 0 Å². The lowest BCUT2D eigenvalue weighted by Gasteiger charge is -2.14. The first kappa shape index (κ1) is 12.3. The molecule has 0 bridgehead atoms. The number of nitrogens with one attached hydrogen (secondary N) is 1. The molecule has 2 fully saturated rings. The van der Waals surface area contributed by atoms with Crippen molar-refractivity contribution in [2.75, 3.05) is 11.9 Å². The van der Waals surface area contributed by atoms with E-state index in [1.54, 1.807) is 11.3 Å². The van der Waals surface area contributed by atoms with Crippen molar-refractivity contribution in [3.63, 3.8) is 0 Å². The number of likely N-dealkylation sites (tertiary alicyclic amines) is 1. The molecule has 0 spiro atoms. The zero-order chi connectivity index (χ0) is 13.7. The standard InChI is InChI=1S/C14H17N3O2S/c18-12-6-8(7-17(12)9-4-5-9)13(19)16-14-15-10-2-1-3-11(10)20-14/h8-9H,1-7H2,(H,15,16,19)/t8-/m1/s1. The van der Waals surface area contributed by atoms with Gasteiger partial charge in [0.05, 0.1) is 11.6 Å². The molecule has 0 unspecified atom stereocenters. The lowest BCUT2D eigenvalue weighted by molar-refractivity contribution is -0.128. The molecule has 2 amide bonds. The van der Waals surface area contributed by atoms with Crippen molar-refractivity contribution >= 4 is 28.3 Å². The summed E-state index contributed by atoms with van der Waals surface area (Å²) in [5.41, 5.74) is 1.15. The van der Waals surface area contributed by atoms with E-state index in [1.807, 2.05) is 4.90 Å². The number of carbonyl (C=O) groups excluding carboxylic acids is 2. The third-order valence-electron chi connectivity index (χ3n) is 4.34. The second-order valence-corrected chi connectivity index (χ2v) is 6.99. The van der Waals surface area contributed by atoms with Crippen molar-refractivity contribution in [2.24, 2.45) is 5.92 Å². The first-order chi connectivity index (χ1) is 9.70. The normalized spacial score (nSPS) is 25.1. The first-order valence-electron chi connectivity index (χ1n) is 7.29. The van der Waals surface area contributed by atoms with E-state index < -0.39 is 0 Å². The molecule has 1 atom stereocenters. The number of carbonyl (C=O) groups is 2. The molecular weight excluding hydrogens is 274 g/mol. The molecule has 1 N–H and O–H groups in total. The fraction of sp³-hybridized carbons (Fsp3) is 0.643. The molecule has 1 aromatic rings. The van der Waals surface area contributed by atoms with Gasteiger partial charge >= 0.3 is 0 Å². The number of aromatic nitrogens is 1. The summed E-state index contributed by atoms with van der Waals surface area (Å²) >= 11 is 1.59. The average molecular weight is 291 g/mol. The van der Waals surface area contributed by atoms with Gasteiger partial charge in [-0.2, -0.15) is 0 Å². The third-order valence-corrected chi connectivity index (χ3v) is 5.42. The monoisotopic (exact) mass is 291 g/mol. The van der Waals surface area contributed by atoms with Crippen LogP contribution in [0, 0.1) is 5.92 Å². The summed E-state index contributed by atoms with van der Waals surface area (Å²) in [6.07, 6.45) is 5.83. The lowest BCUT2D eigenvalue weighted by Crippen LogP contribution is -2.29. The van der Waals surface area contributed by atoms with Gasteiger partial charge in [-0.3, -0.25) is 9.59 Å². The van der Waals surface area contributed by atoms with Crippen molar-refractivity contribution in [1.29, 1.82) is 0 Å². The maximum atomic E-state index is 12.3. The third kappa shape index (κ3) is 2.12. The fourth-order valence-corrected chi connectivity index (χ4v) is 4.15. The lowest BCUT2D eigenvalue weighted by atomic mass is 10.1.